The lowest BCUT2D eigenvalue weighted by Gasteiger charge is -2.35. The van der Waals surface area contributed by atoms with Gasteiger partial charge in [-0.25, -0.2) is 8.42 Å². The number of hydrogen-bond acceptors (Lipinski definition) is 6. The van der Waals surface area contributed by atoms with Crippen molar-refractivity contribution in [2.45, 2.75) is 37.5 Å². The Morgan fingerprint density at radius 2 is 1.77 bits per heavy atom. The predicted octanol–water partition coefficient (Wildman–Crippen LogP) is 4.40. The number of aryl methyl sites for hydroxylation is 1. The predicted molar refractivity (Wildman–Crippen MR) is 165 cm³/mol. The van der Waals surface area contributed by atoms with Gasteiger partial charge in [-0.2, -0.15) is 9.57 Å². The number of likely N-dealkylation sites (N-methyl/N-ethyl adjacent to an activating group) is 1. The van der Waals surface area contributed by atoms with E-state index in [1.54, 1.807) is 11.8 Å². The number of nitriles is 1. The SMILES string of the molecule is C[C@H](CO)N1C[C@H](C)[C@@H](CN(C)S(=O)(=O)c2ccc(C#N)cc2)OCc2ccccc2-c2c(n(C)c3ccccc23)C1=O. The summed E-state index contributed by atoms with van der Waals surface area (Å²) >= 11 is 0. The Hall–Kier alpha value is -4.01. The Labute approximate surface area is 252 Å². The topological polar surface area (TPSA) is 116 Å². The van der Waals surface area contributed by atoms with E-state index < -0.39 is 22.2 Å². The van der Waals surface area contributed by atoms with Gasteiger partial charge in [0.05, 0.1) is 41.9 Å². The number of fused-ring (bicyclic) bond motifs is 5. The quantitative estimate of drug-likeness (QED) is 0.351. The molecule has 3 atom stereocenters. The lowest BCUT2D eigenvalue weighted by atomic mass is 9.96. The lowest BCUT2D eigenvalue weighted by Crippen LogP contribution is -2.48. The molecule has 0 unspecified atom stereocenters. The van der Waals surface area contributed by atoms with E-state index in [9.17, 15) is 18.3 Å². The molecule has 224 valence electrons. The number of aromatic nitrogens is 1. The van der Waals surface area contributed by atoms with Crippen molar-refractivity contribution < 1.29 is 23.1 Å². The molecule has 0 bridgehead atoms. The molecule has 4 aromatic rings. The van der Waals surface area contributed by atoms with Crippen LogP contribution in [0.3, 0.4) is 0 Å². The zero-order valence-electron chi connectivity index (χ0n) is 24.8. The van der Waals surface area contributed by atoms with Crippen LogP contribution in [-0.4, -0.2) is 72.1 Å². The van der Waals surface area contributed by atoms with Crippen molar-refractivity contribution in [3.05, 3.63) is 89.6 Å². The molecule has 1 aliphatic rings. The molecule has 0 saturated carbocycles. The molecule has 3 aromatic carbocycles. The summed E-state index contributed by atoms with van der Waals surface area (Å²) in [4.78, 5) is 16.2. The van der Waals surface area contributed by atoms with Gasteiger partial charge < -0.3 is 19.3 Å². The number of hydrogen-bond donors (Lipinski definition) is 1. The number of rotatable bonds is 6. The van der Waals surface area contributed by atoms with Crippen LogP contribution < -0.4 is 0 Å². The highest BCUT2D eigenvalue weighted by molar-refractivity contribution is 7.89. The van der Waals surface area contributed by atoms with Crippen molar-refractivity contribution in [3.8, 4) is 17.2 Å². The summed E-state index contributed by atoms with van der Waals surface area (Å²) < 4.78 is 36.6. The molecular weight excluding hydrogens is 564 g/mol. The average Bonchev–Trinajstić information content (AvgIpc) is 3.31. The summed E-state index contributed by atoms with van der Waals surface area (Å²) in [6.45, 7) is 4.00. The maximum absolute atomic E-state index is 14.5. The van der Waals surface area contributed by atoms with E-state index >= 15 is 0 Å². The molecule has 2 heterocycles. The minimum Gasteiger partial charge on any atom is -0.394 e. The minimum atomic E-state index is -3.88. The van der Waals surface area contributed by atoms with E-state index in [1.807, 2.05) is 73.1 Å². The summed E-state index contributed by atoms with van der Waals surface area (Å²) in [6.07, 6.45) is -0.578. The molecule has 10 heteroatoms. The number of amides is 1. The third-order valence-electron chi connectivity index (χ3n) is 8.35. The Bertz CT molecular complexity index is 1790. The van der Waals surface area contributed by atoms with Gasteiger partial charge in [0.25, 0.3) is 5.91 Å². The number of nitrogens with zero attached hydrogens (tertiary/aromatic N) is 4. The zero-order chi connectivity index (χ0) is 30.9. The maximum atomic E-state index is 14.5. The smallest absolute Gasteiger partial charge is 0.271 e. The fourth-order valence-corrected chi connectivity index (χ4v) is 6.94. The van der Waals surface area contributed by atoms with E-state index in [0.717, 1.165) is 27.6 Å². The first-order valence-electron chi connectivity index (χ1n) is 14.2. The minimum absolute atomic E-state index is 0.0388. The van der Waals surface area contributed by atoms with Crippen LogP contribution in [0.2, 0.25) is 0 Å². The van der Waals surface area contributed by atoms with E-state index in [0.29, 0.717) is 11.3 Å². The van der Waals surface area contributed by atoms with Gasteiger partial charge in [-0.05, 0) is 48.4 Å². The number of aliphatic hydroxyl groups excluding tert-OH is 1. The van der Waals surface area contributed by atoms with Gasteiger partial charge >= 0.3 is 0 Å². The Morgan fingerprint density at radius 1 is 1.09 bits per heavy atom. The number of carbonyl (C=O) groups excluding carboxylic acids is 1. The van der Waals surface area contributed by atoms with Gasteiger partial charge in [-0.1, -0.05) is 49.4 Å². The average molecular weight is 601 g/mol. The first-order chi connectivity index (χ1) is 20.6. The van der Waals surface area contributed by atoms with Gasteiger partial charge in [-0.15, -0.1) is 0 Å². The van der Waals surface area contributed by atoms with Crippen LogP contribution in [0.5, 0.6) is 0 Å². The summed E-state index contributed by atoms with van der Waals surface area (Å²) in [7, 11) is -0.494. The normalized spacial score (nSPS) is 18.5. The molecule has 0 spiro atoms. The largest absolute Gasteiger partial charge is 0.394 e. The molecule has 0 saturated heterocycles. The third-order valence-corrected chi connectivity index (χ3v) is 10.2. The van der Waals surface area contributed by atoms with E-state index in [4.69, 9.17) is 10.00 Å². The third kappa shape index (κ3) is 5.69. The number of benzene rings is 3. The van der Waals surface area contributed by atoms with Gasteiger partial charge in [0.2, 0.25) is 10.0 Å². The van der Waals surface area contributed by atoms with Crippen LogP contribution in [0, 0.1) is 17.2 Å². The number of sulfonamides is 1. The number of ether oxygens (including phenoxy) is 1. The Kier molecular flexibility index (Phi) is 8.71. The Morgan fingerprint density at radius 3 is 2.47 bits per heavy atom. The molecule has 1 N–H and O–H groups in total. The molecule has 5 rings (SSSR count). The standard InChI is InChI=1S/C33H36N4O5S/c1-22-18-37(23(2)20-38)33(39)32-31(28-11-7-8-12-29(28)36(32)4)27-10-6-5-9-25(27)21-42-30(22)19-35(3)43(40,41)26-15-13-24(17-34)14-16-26/h5-16,22-23,30,38H,18-21H2,1-4H3/t22-,23+,30+/m0/s1. The summed E-state index contributed by atoms with van der Waals surface area (Å²) in [5, 5.41) is 20.2. The Balaban J connectivity index is 1.59. The second kappa shape index (κ2) is 12.3. The van der Waals surface area contributed by atoms with E-state index in [-0.39, 0.29) is 43.0 Å². The molecule has 43 heavy (non-hydrogen) atoms. The van der Waals surface area contributed by atoms with Crippen molar-refractivity contribution in [2.24, 2.45) is 13.0 Å². The molecule has 0 radical (unpaired) electrons. The van der Waals surface area contributed by atoms with Gasteiger partial charge in [0, 0.05) is 49.6 Å². The van der Waals surface area contributed by atoms with Crippen LogP contribution in [0.4, 0.5) is 0 Å². The zero-order valence-corrected chi connectivity index (χ0v) is 25.6. The molecule has 1 aromatic heterocycles. The van der Waals surface area contributed by atoms with Crippen molar-refractivity contribution in [1.82, 2.24) is 13.8 Å². The molecule has 0 fully saturated rings. The monoisotopic (exact) mass is 600 g/mol. The number of para-hydroxylation sites is 1. The van der Waals surface area contributed by atoms with Crippen LogP contribution >= 0.6 is 0 Å². The van der Waals surface area contributed by atoms with Crippen LogP contribution in [0.1, 0.15) is 35.5 Å². The van der Waals surface area contributed by atoms with Gasteiger partial charge in [-0.3, -0.25) is 4.79 Å². The highest BCUT2D eigenvalue weighted by atomic mass is 32.2. The van der Waals surface area contributed by atoms with Crippen molar-refractivity contribution in [1.29, 1.82) is 5.26 Å². The molecule has 9 nitrogen and oxygen atoms in total. The van der Waals surface area contributed by atoms with E-state index in [1.165, 1.54) is 35.6 Å². The van der Waals surface area contributed by atoms with E-state index in [2.05, 4.69) is 0 Å². The fraction of sp³-hybridized carbons (Fsp3) is 0.333. The molecule has 1 aliphatic heterocycles. The second-order valence-corrected chi connectivity index (χ2v) is 13.2. The molecule has 0 aliphatic carbocycles. The number of aliphatic hydroxyl groups is 1. The second-order valence-electron chi connectivity index (χ2n) is 11.2. The van der Waals surface area contributed by atoms with Gasteiger partial charge in [0.1, 0.15) is 5.69 Å². The lowest BCUT2D eigenvalue weighted by molar-refractivity contribution is -0.0147. The molecule has 1 amide bonds. The van der Waals surface area contributed by atoms with Crippen LogP contribution in [0.25, 0.3) is 22.0 Å². The van der Waals surface area contributed by atoms with Gasteiger partial charge in [0.15, 0.2) is 0 Å². The number of carbonyl (C=O) groups is 1. The summed E-state index contributed by atoms with van der Waals surface area (Å²) in [6, 6.07) is 23.0. The van der Waals surface area contributed by atoms with Crippen molar-refractivity contribution in [2.75, 3.05) is 26.7 Å². The van der Waals surface area contributed by atoms with Crippen molar-refractivity contribution in [3.63, 3.8) is 0 Å². The summed E-state index contributed by atoms with van der Waals surface area (Å²) in [5.74, 6) is -0.504. The van der Waals surface area contributed by atoms with Crippen LogP contribution in [-0.2, 0) is 28.4 Å². The maximum Gasteiger partial charge on any atom is 0.271 e. The highest BCUT2D eigenvalue weighted by Crippen LogP contribution is 2.38. The highest BCUT2D eigenvalue weighted by Gasteiger charge is 2.34. The summed E-state index contributed by atoms with van der Waals surface area (Å²) in [5.41, 5.74) is 4.38. The first kappa shape index (κ1) is 30.4. The molecular formula is C33H36N4O5S. The first-order valence-corrected chi connectivity index (χ1v) is 15.7. The fourth-order valence-electron chi connectivity index (χ4n) is 5.76. The van der Waals surface area contributed by atoms with Crippen LogP contribution in [0.15, 0.2) is 77.7 Å². The van der Waals surface area contributed by atoms with Crippen molar-refractivity contribution >= 4 is 26.8 Å².